The summed E-state index contributed by atoms with van der Waals surface area (Å²) < 4.78 is 0.818. The Bertz CT molecular complexity index is 361. The van der Waals surface area contributed by atoms with E-state index in [1.807, 2.05) is 6.07 Å². The van der Waals surface area contributed by atoms with Crippen molar-refractivity contribution in [1.29, 1.82) is 0 Å². The van der Waals surface area contributed by atoms with Gasteiger partial charge in [0.25, 0.3) is 0 Å². The molecule has 0 radical (unpaired) electrons. The molecule has 0 aromatic heterocycles. The minimum Gasteiger partial charge on any atom is -0.398 e. The molecule has 0 amide bonds. The fraction of sp³-hybridized carbons (Fsp3) is 0.111. The largest absolute Gasteiger partial charge is 0.398 e. The normalized spacial score (nSPS) is 10.6. The zero-order valence-electron chi connectivity index (χ0n) is 7.12. The van der Waals surface area contributed by atoms with E-state index in [9.17, 15) is 4.79 Å². The van der Waals surface area contributed by atoms with E-state index >= 15 is 0 Å². The Kier molecular flexibility index (Phi) is 3.19. The first-order chi connectivity index (χ1) is 6.19. The van der Waals surface area contributed by atoms with Crippen molar-refractivity contribution in [3.05, 3.63) is 27.7 Å². The predicted octanol–water partition coefficient (Wildman–Crippen LogP) is 1.89. The predicted molar refractivity (Wildman–Crippen MR) is 57.5 cm³/mol. The smallest absolute Gasteiger partial charge is 0.152 e. The fourth-order valence-corrected chi connectivity index (χ4v) is 1.50. The summed E-state index contributed by atoms with van der Waals surface area (Å²) in [6, 6.07) is 3.49. The van der Waals surface area contributed by atoms with E-state index in [2.05, 4.69) is 20.9 Å². The van der Waals surface area contributed by atoms with Gasteiger partial charge in [0, 0.05) is 28.9 Å². The summed E-state index contributed by atoms with van der Waals surface area (Å²) in [5.74, 6) is 0. The van der Waals surface area contributed by atoms with Gasteiger partial charge in [0.2, 0.25) is 0 Å². The molecule has 1 aromatic carbocycles. The Morgan fingerprint density at radius 1 is 1.46 bits per heavy atom. The van der Waals surface area contributed by atoms with Gasteiger partial charge >= 0.3 is 0 Å². The minimum atomic E-state index is 0.462. The third-order valence-electron chi connectivity index (χ3n) is 1.60. The van der Waals surface area contributed by atoms with Crippen LogP contribution in [0.15, 0.2) is 21.6 Å². The molecule has 0 unspecified atom stereocenters. The van der Waals surface area contributed by atoms with Crippen LogP contribution in [0.5, 0.6) is 0 Å². The standard InChI is InChI=1S/C9H9BrN2O/c1-12-4-6-2-8(10)3-7(5-13)9(6)11/h2-5H,11H2,1H3. The number of carbonyl (C=O) groups excluding carboxylic acids is 1. The van der Waals surface area contributed by atoms with Crippen LogP contribution in [-0.2, 0) is 0 Å². The number of hydrogen-bond donors (Lipinski definition) is 1. The van der Waals surface area contributed by atoms with Crippen LogP contribution in [0.25, 0.3) is 0 Å². The minimum absolute atomic E-state index is 0.462. The van der Waals surface area contributed by atoms with E-state index in [0.29, 0.717) is 11.3 Å². The second kappa shape index (κ2) is 4.18. The van der Waals surface area contributed by atoms with Crippen molar-refractivity contribution in [1.82, 2.24) is 0 Å². The maximum absolute atomic E-state index is 10.6. The maximum atomic E-state index is 10.6. The van der Waals surface area contributed by atoms with Crippen LogP contribution in [0.3, 0.4) is 0 Å². The van der Waals surface area contributed by atoms with Gasteiger partial charge in [-0.05, 0) is 12.1 Å². The number of nitrogens with zero attached hydrogens (tertiary/aromatic N) is 1. The van der Waals surface area contributed by atoms with Gasteiger partial charge in [-0.1, -0.05) is 15.9 Å². The summed E-state index contributed by atoms with van der Waals surface area (Å²) >= 11 is 3.28. The monoisotopic (exact) mass is 240 g/mol. The first-order valence-corrected chi connectivity index (χ1v) is 4.44. The number of halogens is 1. The highest BCUT2D eigenvalue weighted by Gasteiger charge is 2.04. The highest BCUT2D eigenvalue weighted by atomic mass is 79.9. The quantitative estimate of drug-likeness (QED) is 0.488. The van der Waals surface area contributed by atoms with Crippen LogP contribution < -0.4 is 5.73 Å². The van der Waals surface area contributed by atoms with Crippen molar-refractivity contribution in [3.63, 3.8) is 0 Å². The summed E-state index contributed by atoms with van der Waals surface area (Å²) in [6.45, 7) is 0. The lowest BCUT2D eigenvalue weighted by Gasteiger charge is -2.03. The first kappa shape index (κ1) is 9.92. The molecule has 3 nitrogen and oxygen atoms in total. The van der Waals surface area contributed by atoms with Crippen LogP contribution >= 0.6 is 15.9 Å². The molecular weight excluding hydrogens is 232 g/mol. The van der Waals surface area contributed by atoms with Crippen molar-refractivity contribution >= 4 is 34.1 Å². The molecule has 0 spiro atoms. The highest BCUT2D eigenvalue weighted by molar-refractivity contribution is 9.10. The fourth-order valence-electron chi connectivity index (χ4n) is 1.00. The van der Waals surface area contributed by atoms with Crippen molar-refractivity contribution in [2.45, 2.75) is 0 Å². The lowest BCUT2D eigenvalue weighted by atomic mass is 10.1. The molecule has 13 heavy (non-hydrogen) atoms. The van der Waals surface area contributed by atoms with Crippen molar-refractivity contribution < 1.29 is 4.79 Å². The lowest BCUT2D eigenvalue weighted by Crippen LogP contribution is -1.98. The van der Waals surface area contributed by atoms with Crippen LogP contribution in [-0.4, -0.2) is 19.5 Å². The maximum Gasteiger partial charge on any atom is 0.152 e. The average molecular weight is 241 g/mol. The molecule has 0 saturated heterocycles. The molecule has 0 aliphatic carbocycles. The van der Waals surface area contributed by atoms with E-state index < -0.39 is 0 Å². The molecule has 0 aliphatic rings. The summed E-state index contributed by atoms with van der Waals surface area (Å²) in [6.07, 6.45) is 2.35. The number of nitrogens with two attached hydrogens (primary N) is 1. The van der Waals surface area contributed by atoms with Crippen molar-refractivity contribution in [2.75, 3.05) is 12.8 Å². The van der Waals surface area contributed by atoms with Gasteiger partial charge in [0.15, 0.2) is 6.29 Å². The van der Waals surface area contributed by atoms with E-state index in [1.165, 1.54) is 0 Å². The highest BCUT2D eigenvalue weighted by Crippen LogP contribution is 2.21. The number of benzene rings is 1. The number of carbonyl (C=O) groups is 1. The lowest BCUT2D eigenvalue weighted by molar-refractivity contribution is 0.112. The molecule has 68 valence electrons. The SMILES string of the molecule is CN=Cc1cc(Br)cc(C=O)c1N. The average Bonchev–Trinajstić information content (AvgIpc) is 2.11. The molecular formula is C9H9BrN2O. The summed E-state index contributed by atoms with van der Waals surface area (Å²) in [5.41, 5.74) is 7.39. The topological polar surface area (TPSA) is 55.5 Å². The van der Waals surface area contributed by atoms with Gasteiger partial charge in [-0.15, -0.1) is 0 Å². The Balaban J connectivity index is 3.34. The summed E-state index contributed by atoms with van der Waals surface area (Å²) in [4.78, 5) is 14.4. The summed E-state index contributed by atoms with van der Waals surface area (Å²) in [7, 11) is 1.65. The van der Waals surface area contributed by atoms with Gasteiger partial charge in [-0.2, -0.15) is 0 Å². The van der Waals surface area contributed by atoms with Gasteiger partial charge < -0.3 is 5.73 Å². The number of rotatable bonds is 2. The van der Waals surface area contributed by atoms with Crippen LogP contribution in [0, 0.1) is 0 Å². The molecule has 0 fully saturated rings. The van der Waals surface area contributed by atoms with Crippen LogP contribution in [0.2, 0.25) is 0 Å². The van der Waals surface area contributed by atoms with Gasteiger partial charge in [0.05, 0.1) is 5.69 Å². The number of nitrogen functional groups attached to an aromatic ring is 1. The molecule has 0 atom stereocenters. The number of aldehydes is 1. The van der Waals surface area contributed by atoms with E-state index in [1.54, 1.807) is 19.3 Å². The molecule has 4 heteroatoms. The second-order valence-electron chi connectivity index (χ2n) is 2.50. The Hall–Kier alpha value is -1.16. The molecule has 0 saturated carbocycles. The van der Waals surface area contributed by atoms with E-state index in [0.717, 1.165) is 16.3 Å². The zero-order valence-corrected chi connectivity index (χ0v) is 8.71. The van der Waals surface area contributed by atoms with Crippen LogP contribution in [0.4, 0.5) is 5.69 Å². The van der Waals surface area contributed by atoms with Gasteiger partial charge in [0.1, 0.15) is 0 Å². The molecule has 0 aliphatic heterocycles. The van der Waals surface area contributed by atoms with Crippen LogP contribution in [0.1, 0.15) is 15.9 Å². The number of hydrogen-bond acceptors (Lipinski definition) is 3. The first-order valence-electron chi connectivity index (χ1n) is 3.65. The molecule has 1 aromatic rings. The third-order valence-corrected chi connectivity index (χ3v) is 2.06. The summed E-state index contributed by atoms with van der Waals surface area (Å²) in [5, 5.41) is 0. The van der Waals surface area contributed by atoms with E-state index in [4.69, 9.17) is 5.73 Å². The second-order valence-corrected chi connectivity index (χ2v) is 3.42. The van der Waals surface area contributed by atoms with Crippen molar-refractivity contribution in [3.8, 4) is 0 Å². The third kappa shape index (κ3) is 2.15. The Morgan fingerprint density at radius 3 is 2.62 bits per heavy atom. The Labute approximate surface area is 84.8 Å². The molecule has 0 bridgehead atoms. The van der Waals surface area contributed by atoms with Gasteiger partial charge in [-0.25, -0.2) is 0 Å². The Morgan fingerprint density at radius 2 is 2.08 bits per heavy atom. The molecule has 1 rings (SSSR count). The molecule has 2 N–H and O–H groups in total. The zero-order chi connectivity index (χ0) is 9.84. The van der Waals surface area contributed by atoms with Crippen molar-refractivity contribution in [2.24, 2.45) is 4.99 Å². The number of aliphatic imine (C=N–C) groups is 1. The van der Waals surface area contributed by atoms with Gasteiger partial charge in [-0.3, -0.25) is 9.79 Å². The van der Waals surface area contributed by atoms with E-state index in [-0.39, 0.29) is 0 Å². The number of anilines is 1. The molecule has 0 heterocycles.